The van der Waals surface area contributed by atoms with Crippen LogP contribution in [0.15, 0.2) is 4.34 Å². The molecule has 3 aliphatic heterocycles. The van der Waals surface area contributed by atoms with Crippen LogP contribution < -0.4 is 10.5 Å². The number of anilines is 1. The fourth-order valence-electron chi connectivity index (χ4n) is 2.68. The first-order chi connectivity index (χ1) is 8.54. The van der Waals surface area contributed by atoms with Crippen LogP contribution in [0.25, 0.3) is 0 Å². The van der Waals surface area contributed by atoms with Crippen molar-refractivity contribution in [2.24, 2.45) is 5.92 Å². The van der Waals surface area contributed by atoms with Gasteiger partial charge in [-0.05, 0) is 31.8 Å². The van der Waals surface area contributed by atoms with Gasteiger partial charge in [0, 0.05) is 12.6 Å². The van der Waals surface area contributed by atoms with Crippen molar-refractivity contribution in [2.75, 3.05) is 25.4 Å². The second-order valence-electron chi connectivity index (χ2n) is 4.77. The maximum atomic E-state index is 12.1. The molecule has 3 fully saturated rings. The summed E-state index contributed by atoms with van der Waals surface area (Å²) in [5.41, 5.74) is 5.41. The molecule has 18 heavy (non-hydrogen) atoms. The predicted molar refractivity (Wildman–Crippen MR) is 67.6 cm³/mol. The lowest BCUT2D eigenvalue weighted by atomic mass is 9.85. The van der Waals surface area contributed by atoms with Crippen molar-refractivity contribution in [3.05, 3.63) is 0 Å². The number of nitrogens with zero attached hydrogens (tertiary/aromatic N) is 3. The minimum absolute atomic E-state index is 0.0115. The lowest BCUT2D eigenvalue weighted by Crippen LogP contribution is -2.57. The normalized spacial score (nSPS) is 31.7. The molecule has 100 valence electrons. The molecular weight excluding hydrogens is 274 g/mol. The highest BCUT2D eigenvalue weighted by molar-refractivity contribution is 7.91. The Morgan fingerprint density at radius 1 is 1.33 bits per heavy atom. The number of piperidine rings is 3. The summed E-state index contributed by atoms with van der Waals surface area (Å²) >= 11 is 0.895. The van der Waals surface area contributed by atoms with Crippen molar-refractivity contribution in [2.45, 2.75) is 23.2 Å². The second kappa shape index (κ2) is 4.41. The Kier molecular flexibility index (Phi) is 3.00. The Bertz CT molecular complexity index is 535. The van der Waals surface area contributed by atoms with Gasteiger partial charge in [-0.3, -0.25) is 0 Å². The van der Waals surface area contributed by atoms with E-state index in [4.69, 9.17) is 5.73 Å². The zero-order valence-electron chi connectivity index (χ0n) is 9.74. The van der Waals surface area contributed by atoms with Crippen LogP contribution in [-0.4, -0.2) is 49.2 Å². The van der Waals surface area contributed by atoms with E-state index in [9.17, 15) is 8.42 Å². The highest BCUT2D eigenvalue weighted by atomic mass is 32.2. The average molecular weight is 289 g/mol. The number of sulfonamides is 1. The molecule has 7 nitrogen and oxygen atoms in total. The van der Waals surface area contributed by atoms with Gasteiger partial charge in [0.2, 0.25) is 9.47 Å². The van der Waals surface area contributed by atoms with Crippen LogP contribution >= 0.6 is 11.3 Å². The SMILES string of the molecule is Nc1nnc(S(=O)(=O)NC2CN3CCC2CC3)s1. The van der Waals surface area contributed by atoms with Gasteiger partial charge in [-0.25, -0.2) is 13.1 Å². The molecule has 4 rings (SSSR count). The quantitative estimate of drug-likeness (QED) is 0.777. The highest BCUT2D eigenvalue weighted by Gasteiger charge is 2.37. The van der Waals surface area contributed by atoms with E-state index in [0.29, 0.717) is 5.92 Å². The molecule has 3 saturated heterocycles. The van der Waals surface area contributed by atoms with Gasteiger partial charge >= 0.3 is 0 Å². The fourth-order valence-corrected chi connectivity index (χ4v) is 4.77. The van der Waals surface area contributed by atoms with E-state index >= 15 is 0 Å². The number of nitrogen functional groups attached to an aromatic ring is 1. The van der Waals surface area contributed by atoms with Gasteiger partial charge in [0.05, 0.1) is 0 Å². The van der Waals surface area contributed by atoms with Crippen LogP contribution in [-0.2, 0) is 10.0 Å². The molecule has 0 spiro atoms. The van der Waals surface area contributed by atoms with Gasteiger partial charge in [-0.2, -0.15) is 0 Å². The van der Waals surface area contributed by atoms with Crippen LogP contribution in [0.1, 0.15) is 12.8 Å². The Balaban J connectivity index is 1.76. The molecule has 2 bridgehead atoms. The molecule has 3 N–H and O–H groups in total. The van der Waals surface area contributed by atoms with E-state index in [1.165, 1.54) is 0 Å². The maximum Gasteiger partial charge on any atom is 0.270 e. The zero-order chi connectivity index (χ0) is 12.8. The number of nitrogens with one attached hydrogen (secondary N) is 1. The summed E-state index contributed by atoms with van der Waals surface area (Å²) in [4.78, 5) is 2.29. The molecular formula is C9H15N5O2S2. The maximum absolute atomic E-state index is 12.1. The summed E-state index contributed by atoms with van der Waals surface area (Å²) < 4.78 is 26.9. The molecule has 1 unspecified atom stereocenters. The van der Waals surface area contributed by atoms with Crippen molar-refractivity contribution in [3.8, 4) is 0 Å². The summed E-state index contributed by atoms with van der Waals surface area (Å²) in [6, 6.07) is -0.0115. The number of aromatic nitrogens is 2. The zero-order valence-corrected chi connectivity index (χ0v) is 11.4. The molecule has 0 amide bonds. The summed E-state index contributed by atoms with van der Waals surface area (Å²) in [6.45, 7) is 2.95. The topological polar surface area (TPSA) is 101 Å². The standard InChI is InChI=1S/C9H15N5O2S2/c10-8-11-12-9(17-8)18(15,16)13-7-5-14-3-1-6(7)2-4-14/h6-7,13H,1-5H2,(H2,10,11). The highest BCUT2D eigenvalue weighted by Crippen LogP contribution is 2.29. The molecule has 9 heteroatoms. The Labute approximate surface area is 109 Å². The van der Waals surface area contributed by atoms with Crippen LogP contribution in [0.4, 0.5) is 5.13 Å². The predicted octanol–water partition coefficient (Wildman–Crippen LogP) is -0.507. The molecule has 4 heterocycles. The van der Waals surface area contributed by atoms with E-state index in [0.717, 1.165) is 43.8 Å². The number of hydrogen-bond donors (Lipinski definition) is 2. The van der Waals surface area contributed by atoms with E-state index in [2.05, 4.69) is 19.8 Å². The van der Waals surface area contributed by atoms with E-state index in [1.54, 1.807) is 0 Å². The van der Waals surface area contributed by atoms with Gasteiger partial charge in [-0.1, -0.05) is 11.3 Å². The van der Waals surface area contributed by atoms with Crippen LogP contribution in [0.3, 0.4) is 0 Å². The second-order valence-corrected chi connectivity index (χ2v) is 7.67. The Morgan fingerprint density at radius 2 is 2.06 bits per heavy atom. The van der Waals surface area contributed by atoms with E-state index in [-0.39, 0.29) is 15.5 Å². The van der Waals surface area contributed by atoms with Gasteiger partial charge < -0.3 is 10.6 Å². The Hall–Kier alpha value is -0.770. The summed E-state index contributed by atoms with van der Waals surface area (Å²) in [5, 5.41) is 7.31. The third-order valence-electron chi connectivity index (χ3n) is 3.61. The molecule has 0 aliphatic carbocycles. The molecule has 1 aromatic rings. The third-order valence-corrected chi connectivity index (χ3v) is 6.22. The first-order valence-corrected chi connectivity index (χ1v) is 8.18. The Morgan fingerprint density at radius 3 is 2.56 bits per heavy atom. The summed E-state index contributed by atoms with van der Waals surface area (Å²) in [6.07, 6.45) is 2.12. The first-order valence-electron chi connectivity index (χ1n) is 5.88. The molecule has 3 aliphatic rings. The van der Waals surface area contributed by atoms with E-state index < -0.39 is 10.0 Å². The van der Waals surface area contributed by atoms with Crippen molar-refractivity contribution in [1.29, 1.82) is 0 Å². The van der Waals surface area contributed by atoms with Gasteiger partial charge in [0.1, 0.15) is 0 Å². The molecule has 0 aromatic carbocycles. The molecule has 1 aromatic heterocycles. The number of nitrogens with two attached hydrogens (primary N) is 1. The van der Waals surface area contributed by atoms with Crippen molar-refractivity contribution in [3.63, 3.8) is 0 Å². The minimum Gasteiger partial charge on any atom is -0.374 e. The smallest absolute Gasteiger partial charge is 0.270 e. The van der Waals surface area contributed by atoms with Crippen molar-refractivity contribution < 1.29 is 8.42 Å². The minimum atomic E-state index is -3.57. The van der Waals surface area contributed by atoms with Crippen LogP contribution in [0.2, 0.25) is 0 Å². The molecule has 1 atom stereocenters. The molecule has 0 saturated carbocycles. The summed E-state index contributed by atoms with van der Waals surface area (Å²) in [7, 11) is -3.57. The van der Waals surface area contributed by atoms with Crippen molar-refractivity contribution in [1.82, 2.24) is 19.8 Å². The third kappa shape index (κ3) is 2.22. The fraction of sp³-hybridized carbons (Fsp3) is 0.778. The van der Waals surface area contributed by atoms with E-state index in [1.807, 2.05) is 0 Å². The lowest BCUT2D eigenvalue weighted by molar-refractivity contribution is 0.0827. The van der Waals surface area contributed by atoms with Gasteiger partial charge in [-0.15, -0.1) is 10.2 Å². The van der Waals surface area contributed by atoms with Crippen LogP contribution in [0.5, 0.6) is 0 Å². The largest absolute Gasteiger partial charge is 0.374 e. The van der Waals surface area contributed by atoms with Gasteiger partial charge in [0.25, 0.3) is 10.0 Å². The summed E-state index contributed by atoms with van der Waals surface area (Å²) in [5.74, 6) is 0.440. The lowest BCUT2D eigenvalue weighted by Gasteiger charge is -2.44. The number of hydrogen-bond acceptors (Lipinski definition) is 7. The number of fused-ring (bicyclic) bond motifs is 3. The monoisotopic (exact) mass is 289 g/mol. The van der Waals surface area contributed by atoms with Gasteiger partial charge in [0.15, 0.2) is 0 Å². The average Bonchev–Trinajstić information content (AvgIpc) is 2.78. The van der Waals surface area contributed by atoms with Crippen LogP contribution in [0, 0.1) is 5.92 Å². The first kappa shape index (κ1) is 12.3. The number of rotatable bonds is 3. The molecule has 0 radical (unpaired) electrons. The van der Waals surface area contributed by atoms with Crippen molar-refractivity contribution >= 4 is 26.5 Å².